The lowest BCUT2D eigenvalue weighted by Gasteiger charge is -2.03. The SMILES string of the molecule is CCSCCc1c(F)cccc1F. The van der Waals surface area contributed by atoms with Crippen LogP contribution in [0, 0.1) is 11.6 Å². The van der Waals surface area contributed by atoms with Gasteiger partial charge in [-0.2, -0.15) is 11.8 Å². The largest absolute Gasteiger partial charge is 0.207 e. The summed E-state index contributed by atoms with van der Waals surface area (Å²) >= 11 is 1.69. The highest BCUT2D eigenvalue weighted by Gasteiger charge is 2.06. The minimum Gasteiger partial charge on any atom is -0.207 e. The molecule has 0 saturated carbocycles. The molecule has 1 rings (SSSR count). The van der Waals surface area contributed by atoms with Gasteiger partial charge in [0.2, 0.25) is 0 Å². The Morgan fingerprint density at radius 2 is 1.85 bits per heavy atom. The Morgan fingerprint density at radius 3 is 2.38 bits per heavy atom. The Bertz CT molecular complexity index is 253. The van der Waals surface area contributed by atoms with Crippen LogP contribution >= 0.6 is 11.8 Å². The first kappa shape index (κ1) is 10.5. The maximum absolute atomic E-state index is 13.0. The van der Waals surface area contributed by atoms with Gasteiger partial charge in [-0.1, -0.05) is 13.0 Å². The molecule has 0 nitrogen and oxygen atoms in total. The van der Waals surface area contributed by atoms with E-state index in [9.17, 15) is 8.78 Å². The molecule has 0 aliphatic rings. The standard InChI is InChI=1S/C10H12F2S/c1-2-13-7-6-8-9(11)4-3-5-10(8)12/h3-5H,2,6-7H2,1H3. The second-order valence-corrected chi connectivity index (χ2v) is 4.04. The van der Waals surface area contributed by atoms with Crippen molar-refractivity contribution in [3.63, 3.8) is 0 Å². The van der Waals surface area contributed by atoms with Gasteiger partial charge in [0.15, 0.2) is 0 Å². The van der Waals surface area contributed by atoms with E-state index in [0.717, 1.165) is 11.5 Å². The van der Waals surface area contributed by atoms with Gasteiger partial charge in [0.25, 0.3) is 0 Å². The van der Waals surface area contributed by atoms with Crippen molar-refractivity contribution >= 4 is 11.8 Å². The Hall–Kier alpha value is -0.570. The third-order valence-corrected chi connectivity index (χ3v) is 2.66. The molecule has 0 N–H and O–H groups in total. The molecule has 0 aromatic heterocycles. The Morgan fingerprint density at radius 1 is 1.23 bits per heavy atom. The van der Waals surface area contributed by atoms with Gasteiger partial charge in [0.05, 0.1) is 0 Å². The van der Waals surface area contributed by atoms with Crippen LogP contribution in [0.15, 0.2) is 18.2 Å². The third kappa shape index (κ3) is 2.99. The van der Waals surface area contributed by atoms with Crippen molar-refractivity contribution < 1.29 is 8.78 Å². The maximum atomic E-state index is 13.0. The van der Waals surface area contributed by atoms with Crippen molar-refractivity contribution in [2.24, 2.45) is 0 Å². The first-order valence-corrected chi connectivity index (χ1v) is 5.41. The zero-order valence-electron chi connectivity index (χ0n) is 7.52. The van der Waals surface area contributed by atoms with Gasteiger partial charge in [0.1, 0.15) is 11.6 Å². The van der Waals surface area contributed by atoms with Gasteiger partial charge in [-0.05, 0) is 30.1 Å². The van der Waals surface area contributed by atoms with Crippen LogP contribution in [-0.4, -0.2) is 11.5 Å². The molecule has 0 amide bonds. The molecular weight excluding hydrogens is 190 g/mol. The highest BCUT2D eigenvalue weighted by molar-refractivity contribution is 7.99. The minimum atomic E-state index is -0.434. The molecule has 0 atom stereocenters. The van der Waals surface area contributed by atoms with Crippen LogP contribution in [0.4, 0.5) is 8.78 Å². The quantitative estimate of drug-likeness (QED) is 0.675. The second-order valence-electron chi connectivity index (χ2n) is 2.65. The van der Waals surface area contributed by atoms with Gasteiger partial charge in [-0.3, -0.25) is 0 Å². The number of halogens is 2. The summed E-state index contributed by atoms with van der Waals surface area (Å²) in [6.45, 7) is 2.03. The molecule has 0 bridgehead atoms. The molecule has 1 aromatic carbocycles. The van der Waals surface area contributed by atoms with Crippen LogP contribution in [0.2, 0.25) is 0 Å². The molecule has 0 heterocycles. The highest BCUT2D eigenvalue weighted by atomic mass is 32.2. The summed E-state index contributed by atoms with van der Waals surface area (Å²) in [7, 11) is 0. The normalized spacial score (nSPS) is 10.4. The van der Waals surface area contributed by atoms with E-state index in [4.69, 9.17) is 0 Å². The fraction of sp³-hybridized carbons (Fsp3) is 0.400. The van der Waals surface area contributed by atoms with E-state index < -0.39 is 11.6 Å². The van der Waals surface area contributed by atoms with Crippen molar-refractivity contribution in [1.29, 1.82) is 0 Å². The van der Waals surface area contributed by atoms with Gasteiger partial charge in [-0.15, -0.1) is 0 Å². The van der Waals surface area contributed by atoms with Crippen LogP contribution in [-0.2, 0) is 6.42 Å². The molecule has 0 unspecified atom stereocenters. The summed E-state index contributed by atoms with van der Waals surface area (Å²) in [5, 5.41) is 0. The van der Waals surface area contributed by atoms with E-state index in [-0.39, 0.29) is 5.56 Å². The van der Waals surface area contributed by atoms with Crippen molar-refractivity contribution in [3.05, 3.63) is 35.4 Å². The molecular formula is C10H12F2S. The lowest BCUT2D eigenvalue weighted by atomic mass is 10.1. The fourth-order valence-electron chi connectivity index (χ4n) is 1.09. The molecule has 1 aromatic rings. The summed E-state index contributed by atoms with van der Waals surface area (Å²) in [5.74, 6) is 0.887. The van der Waals surface area contributed by atoms with E-state index in [0.29, 0.717) is 6.42 Å². The molecule has 3 heteroatoms. The average Bonchev–Trinajstić information content (AvgIpc) is 2.10. The number of benzene rings is 1. The number of hydrogen-bond acceptors (Lipinski definition) is 1. The van der Waals surface area contributed by atoms with Crippen LogP contribution < -0.4 is 0 Å². The first-order valence-electron chi connectivity index (χ1n) is 4.26. The Labute approximate surface area is 81.3 Å². The third-order valence-electron chi connectivity index (χ3n) is 1.76. The van der Waals surface area contributed by atoms with Crippen molar-refractivity contribution in [2.75, 3.05) is 11.5 Å². The van der Waals surface area contributed by atoms with Crippen LogP contribution in [0.1, 0.15) is 12.5 Å². The predicted molar refractivity (Wildman–Crippen MR) is 53.1 cm³/mol. The lowest BCUT2D eigenvalue weighted by Crippen LogP contribution is -1.97. The number of thioether (sulfide) groups is 1. The zero-order chi connectivity index (χ0) is 9.68. The Kier molecular flexibility index (Phi) is 4.22. The van der Waals surface area contributed by atoms with E-state index in [1.54, 1.807) is 11.8 Å². The summed E-state index contributed by atoms with van der Waals surface area (Å²) in [6, 6.07) is 3.99. The van der Waals surface area contributed by atoms with Gasteiger partial charge >= 0.3 is 0 Å². The summed E-state index contributed by atoms with van der Waals surface area (Å²) in [5.41, 5.74) is 0.212. The van der Waals surface area contributed by atoms with Crippen molar-refractivity contribution in [2.45, 2.75) is 13.3 Å². The molecule has 0 fully saturated rings. The minimum absolute atomic E-state index is 0.212. The van der Waals surface area contributed by atoms with E-state index in [2.05, 4.69) is 0 Å². The van der Waals surface area contributed by atoms with E-state index in [1.165, 1.54) is 18.2 Å². The maximum Gasteiger partial charge on any atom is 0.129 e. The number of hydrogen-bond donors (Lipinski definition) is 0. The van der Waals surface area contributed by atoms with E-state index in [1.807, 2.05) is 6.92 Å². The Balaban J connectivity index is 2.64. The molecule has 72 valence electrons. The van der Waals surface area contributed by atoms with Crippen molar-refractivity contribution in [3.8, 4) is 0 Å². The smallest absolute Gasteiger partial charge is 0.129 e. The first-order chi connectivity index (χ1) is 6.25. The highest BCUT2D eigenvalue weighted by Crippen LogP contribution is 2.14. The van der Waals surface area contributed by atoms with Crippen LogP contribution in [0.3, 0.4) is 0 Å². The van der Waals surface area contributed by atoms with Crippen molar-refractivity contribution in [1.82, 2.24) is 0 Å². The lowest BCUT2D eigenvalue weighted by molar-refractivity contribution is 0.559. The molecule has 0 spiro atoms. The summed E-state index contributed by atoms with van der Waals surface area (Å²) < 4.78 is 26.1. The van der Waals surface area contributed by atoms with Gasteiger partial charge in [-0.25, -0.2) is 8.78 Å². The monoisotopic (exact) mass is 202 g/mol. The van der Waals surface area contributed by atoms with Crippen LogP contribution in [0.5, 0.6) is 0 Å². The molecule has 13 heavy (non-hydrogen) atoms. The fourth-order valence-corrected chi connectivity index (χ4v) is 1.73. The summed E-state index contributed by atoms with van der Waals surface area (Å²) in [4.78, 5) is 0. The molecule has 0 saturated heterocycles. The topological polar surface area (TPSA) is 0 Å². The summed E-state index contributed by atoms with van der Waals surface area (Å²) in [6.07, 6.45) is 0.469. The molecule has 0 aliphatic carbocycles. The van der Waals surface area contributed by atoms with E-state index >= 15 is 0 Å². The second kappa shape index (κ2) is 5.22. The van der Waals surface area contributed by atoms with Crippen LogP contribution in [0.25, 0.3) is 0 Å². The average molecular weight is 202 g/mol. The molecule has 0 radical (unpaired) electrons. The van der Waals surface area contributed by atoms with Gasteiger partial charge in [0, 0.05) is 5.56 Å². The number of rotatable bonds is 4. The molecule has 0 aliphatic heterocycles. The zero-order valence-corrected chi connectivity index (χ0v) is 8.33. The predicted octanol–water partition coefficient (Wildman–Crippen LogP) is 3.26. The van der Waals surface area contributed by atoms with Gasteiger partial charge < -0.3 is 0 Å².